The second kappa shape index (κ2) is 13.2. The first kappa shape index (κ1) is 23.9. The van der Waals surface area contributed by atoms with Gasteiger partial charge in [0, 0.05) is 26.2 Å². The lowest BCUT2D eigenvalue weighted by molar-refractivity contribution is 0.0166. The average Bonchev–Trinajstić information content (AvgIpc) is 2.39. The van der Waals surface area contributed by atoms with Crippen molar-refractivity contribution in [3.05, 3.63) is 0 Å². The Balaban J connectivity index is 4.28. The van der Waals surface area contributed by atoms with Crippen LogP contribution < -0.4 is 0 Å². The molecule has 0 saturated heterocycles. The quantitative estimate of drug-likeness (QED) is 0.235. The van der Waals surface area contributed by atoms with Gasteiger partial charge >= 0.3 is 8.25 Å². The van der Waals surface area contributed by atoms with Crippen LogP contribution in [0.5, 0.6) is 0 Å². The van der Waals surface area contributed by atoms with Crippen molar-refractivity contribution in [3.63, 3.8) is 0 Å². The minimum Gasteiger partial charge on any atom is -0.392 e. The van der Waals surface area contributed by atoms with Crippen LogP contribution in [-0.4, -0.2) is 94.3 Å². The Morgan fingerprint density at radius 2 is 0.958 bits per heavy atom. The summed E-state index contributed by atoms with van der Waals surface area (Å²) in [5.74, 6) is 0. The van der Waals surface area contributed by atoms with E-state index in [4.69, 9.17) is 9.05 Å². The van der Waals surface area contributed by atoms with E-state index in [-0.39, 0.29) is 39.6 Å². The van der Waals surface area contributed by atoms with Crippen molar-refractivity contribution in [1.82, 2.24) is 9.80 Å². The summed E-state index contributed by atoms with van der Waals surface area (Å²) >= 11 is 0. The smallest absolute Gasteiger partial charge is 0.321 e. The highest BCUT2D eigenvalue weighted by molar-refractivity contribution is 7.33. The van der Waals surface area contributed by atoms with Gasteiger partial charge in [0.25, 0.3) is 0 Å². The van der Waals surface area contributed by atoms with Crippen LogP contribution in [0.1, 0.15) is 27.7 Å². The van der Waals surface area contributed by atoms with Crippen LogP contribution in [0.4, 0.5) is 0 Å². The summed E-state index contributed by atoms with van der Waals surface area (Å²) in [6, 6.07) is 0. The second-order valence-corrected chi connectivity index (χ2v) is 7.34. The van der Waals surface area contributed by atoms with Gasteiger partial charge in [0.05, 0.1) is 24.4 Å². The Morgan fingerprint density at radius 3 is 1.17 bits per heavy atom. The fourth-order valence-corrected chi connectivity index (χ4v) is 2.84. The molecule has 0 aliphatic heterocycles. The molecule has 0 amide bonds. The van der Waals surface area contributed by atoms with Crippen LogP contribution in [0.25, 0.3) is 0 Å². The van der Waals surface area contributed by atoms with Crippen molar-refractivity contribution in [3.8, 4) is 0 Å². The molecule has 0 saturated carbocycles. The average molecular weight is 372 g/mol. The van der Waals surface area contributed by atoms with E-state index < -0.39 is 32.7 Å². The predicted molar refractivity (Wildman–Crippen MR) is 90.8 cm³/mol. The minimum atomic E-state index is -2.78. The van der Waals surface area contributed by atoms with Crippen molar-refractivity contribution in [2.45, 2.75) is 52.1 Å². The highest BCUT2D eigenvalue weighted by Gasteiger charge is 2.15. The molecule has 24 heavy (non-hydrogen) atoms. The molecule has 10 heteroatoms. The van der Waals surface area contributed by atoms with Crippen LogP contribution in [0.3, 0.4) is 0 Å². The van der Waals surface area contributed by atoms with E-state index in [9.17, 15) is 25.0 Å². The van der Waals surface area contributed by atoms with Crippen LogP contribution in [0.15, 0.2) is 0 Å². The SMILES string of the molecule is CC(O)CN(CO[PH](=O)OCN(CC(C)O)CC(C)O)CC(C)O. The van der Waals surface area contributed by atoms with Gasteiger partial charge in [-0.3, -0.25) is 23.4 Å². The lowest BCUT2D eigenvalue weighted by atomic mass is 10.3. The first-order chi connectivity index (χ1) is 11.1. The van der Waals surface area contributed by atoms with Gasteiger partial charge in [-0.15, -0.1) is 0 Å². The van der Waals surface area contributed by atoms with Crippen LogP contribution in [-0.2, 0) is 13.6 Å². The maximum atomic E-state index is 11.8. The fraction of sp³-hybridized carbons (Fsp3) is 1.00. The summed E-state index contributed by atoms with van der Waals surface area (Å²) < 4.78 is 22.1. The molecule has 4 N–H and O–H groups in total. The number of aliphatic hydroxyl groups is 4. The Morgan fingerprint density at radius 1 is 0.708 bits per heavy atom. The van der Waals surface area contributed by atoms with Crippen molar-refractivity contribution in [2.24, 2.45) is 0 Å². The second-order valence-electron chi connectivity index (χ2n) is 6.26. The molecule has 0 fully saturated rings. The Bertz CT molecular complexity index is 293. The molecule has 0 aromatic heterocycles. The number of hydrogen-bond acceptors (Lipinski definition) is 9. The van der Waals surface area contributed by atoms with Gasteiger partial charge in [-0.25, -0.2) is 0 Å². The third-order valence-corrected chi connectivity index (χ3v) is 3.55. The molecular formula is C14H33N2O7P. The summed E-state index contributed by atoms with van der Waals surface area (Å²) in [7, 11) is -2.78. The van der Waals surface area contributed by atoms with E-state index in [2.05, 4.69) is 0 Å². The molecule has 0 aromatic carbocycles. The molecule has 4 atom stereocenters. The summed E-state index contributed by atoms with van der Waals surface area (Å²) in [5, 5.41) is 37.6. The first-order valence-electron chi connectivity index (χ1n) is 8.06. The molecule has 0 radical (unpaired) electrons. The third-order valence-electron chi connectivity index (χ3n) is 2.82. The van der Waals surface area contributed by atoms with E-state index in [1.807, 2.05) is 0 Å². The van der Waals surface area contributed by atoms with Gasteiger partial charge in [-0.1, -0.05) is 0 Å². The van der Waals surface area contributed by atoms with Gasteiger partial charge in [-0.2, -0.15) is 0 Å². The zero-order chi connectivity index (χ0) is 18.7. The molecule has 0 heterocycles. The van der Waals surface area contributed by atoms with Gasteiger partial charge in [0.2, 0.25) is 0 Å². The van der Waals surface area contributed by atoms with Gasteiger partial charge in [0.1, 0.15) is 13.5 Å². The Kier molecular flexibility index (Phi) is 13.1. The van der Waals surface area contributed by atoms with E-state index in [1.165, 1.54) is 0 Å². The predicted octanol–water partition coefficient (Wildman–Crippen LogP) is -0.548. The van der Waals surface area contributed by atoms with Crippen molar-refractivity contribution < 1.29 is 34.0 Å². The summed E-state index contributed by atoms with van der Waals surface area (Å²) in [5.41, 5.74) is 0. The lowest BCUT2D eigenvalue weighted by Gasteiger charge is -2.26. The monoisotopic (exact) mass is 372 g/mol. The number of nitrogens with zero attached hydrogens (tertiary/aromatic N) is 2. The summed E-state index contributed by atoms with van der Waals surface area (Å²) in [6.45, 7) is 7.45. The molecule has 0 aliphatic rings. The highest BCUT2D eigenvalue weighted by Crippen LogP contribution is 2.24. The molecule has 0 aromatic rings. The van der Waals surface area contributed by atoms with E-state index in [0.717, 1.165) is 0 Å². The van der Waals surface area contributed by atoms with E-state index in [1.54, 1.807) is 37.5 Å². The molecule has 0 bridgehead atoms. The number of hydrogen-bond donors (Lipinski definition) is 4. The molecular weight excluding hydrogens is 339 g/mol. The number of rotatable bonds is 14. The first-order valence-corrected chi connectivity index (χ1v) is 9.29. The zero-order valence-electron chi connectivity index (χ0n) is 15.0. The molecule has 0 spiro atoms. The Labute approximate surface area is 144 Å². The van der Waals surface area contributed by atoms with Gasteiger partial charge < -0.3 is 20.4 Å². The molecule has 0 rings (SSSR count). The fourth-order valence-electron chi connectivity index (χ4n) is 2.18. The van der Waals surface area contributed by atoms with Crippen molar-refractivity contribution in [1.29, 1.82) is 0 Å². The molecule has 9 nitrogen and oxygen atoms in total. The topological polar surface area (TPSA) is 123 Å². The number of aliphatic hydroxyl groups excluding tert-OH is 4. The molecule has 146 valence electrons. The maximum Gasteiger partial charge on any atom is 0.321 e. The van der Waals surface area contributed by atoms with Gasteiger partial charge in [0.15, 0.2) is 0 Å². The highest BCUT2D eigenvalue weighted by atomic mass is 31.1. The van der Waals surface area contributed by atoms with E-state index >= 15 is 0 Å². The maximum absolute atomic E-state index is 11.8. The van der Waals surface area contributed by atoms with E-state index in [0.29, 0.717) is 0 Å². The van der Waals surface area contributed by atoms with Crippen LogP contribution >= 0.6 is 8.25 Å². The zero-order valence-corrected chi connectivity index (χ0v) is 16.0. The standard InChI is InChI=1S/C14H33N2O7P/c1-11(17)5-15(6-12(2)18)9-22-24(21)23-10-16(7-13(3)19)8-14(4)20/h11-14,17-20,24H,5-10H2,1-4H3. The lowest BCUT2D eigenvalue weighted by Crippen LogP contribution is -2.38. The van der Waals surface area contributed by atoms with Crippen LogP contribution in [0.2, 0.25) is 0 Å². The molecule has 4 unspecified atom stereocenters. The third kappa shape index (κ3) is 14.3. The Hall–Kier alpha value is -0.0900. The largest absolute Gasteiger partial charge is 0.392 e. The summed E-state index contributed by atoms with van der Waals surface area (Å²) in [4.78, 5) is 3.26. The minimum absolute atomic E-state index is 0.0413. The van der Waals surface area contributed by atoms with Gasteiger partial charge in [-0.05, 0) is 27.7 Å². The van der Waals surface area contributed by atoms with Crippen molar-refractivity contribution in [2.75, 3.05) is 39.6 Å². The molecule has 0 aliphatic carbocycles. The summed E-state index contributed by atoms with van der Waals surface area (Å²) in [6.07, 6.45) is -2.43. The van der Waals surface area contributed by atoms with Crippen molar-refractivity contribution >= 4 is 8.25 Å². The van der Waals surface area contributed by atoms with Crippen LogP contribution in [0, 0.1) is 0 Å². The normalized spacial score (nSPS) is 18.6.